The molecule has 0 spiro atoms. The second-order valence-electron chi connectivity index (χ2n) is 4.02. The summed E-state index contributed by atoms with van der Waals surface area (Å²) in [4.78, 5) is 8.31. The molecule has 0 unspecified atom stereocenters. The third-order valence-corrected chi connectivity index (χ3v) is 2.71. The van der Waals surface area contributed by atoms with Gasteiger partial charge in [0.05, 0.1) is 11.9 Å². The molecule has 3 rings (SSSR count). The predicted octanol–water partition coefficient (Wildman–Crippen LogP) is 1.73. The maximum Gasteiger partial charge on any atom is 0.177 e. The van der Waals surface area contributed by atoms with Crippen LogP contribution in [0.5, 0.6) is 0 Å². The molecule has 0 bridgehead atoms. The van der Waals surface area contributed by atoms with E-state index in [9.17, 15) is 4.39 Å². The molecule has 5 nitrogen and oxygen atoms in total. The number of fused-ring (bicyclic) bond motifs is 1. The topological polar surface area (TPSA) is 66.9 Å². The van der Waals surface area contributed by atoms with E-state index < -0.39 is 0 Å². The average molecular weight is 253 g/mol. The molecule has 0 fully saturated rings. The summed E-state index contributed by atoms with van der Waals surface area (Å²) in [7, 11) is 0. The molecule has 92 valence electrons. The molecule has 0 amide bonds. The predicted molar refractivity (Wildman–Crippen MR) is 64.7 cm³/mol. The minimum absolute atomic E-state index is 0.254. The van der Waals surface area contributed by atoms with E-state index in [-0.39, 0.29) is 11.5 Å². The van der Waals surface area contributed by atoms with Crippen LogP contribution in [-0.2, 0) is 6.42 Å². The van der Waals surface area contributed by atoms with Gasteiger partial charge in [0.2, 0.25) is 0 Å². The van der Waals surface area contributed by atoms with Crippen molar-refractivity contribution < 1.29 is 4.39 Å². The van der Waals surface area contributed by atoms with Gasteiger partial charge in [-0.15, -0.1) is 0 Å². The monoisotopic (exact) mass is 253 g/mol. The molecule has 0 saturated heterocycles. The third kappa shape index (κ3) is 2.13. The van der Waals surface area contributed by atoms with Gasteiger partial charge < -0.3 is 0 Å². The number of benzene rings is 1. The van der Waals surface area contributed by atoms with Gasteiger partial charge in [0.1, 0.15) is 18.2 Å². The Bertz CT molecular complexity index is 787. The molecule has 0 atom stereocenters. The maximum absolute atomic E-state index is 13.2. The second kappa shape index (κ2) is 4.46. The van der Waals surface area contributed by atoms with Crippen molar-refractivity contribution in [2.45, 2.75) is 6.42 Å². The van der Waals surface area contributed by atoms with Gasteiger partial charge in [-0.25, -0.2) is 18.9 Å². The van der Waals surface area contributed by atoms with Gasteiger partial charge in [-0.3, -0.25) is 0 Å². The van der Waals surface area contributed by atoms with E-state index in [1.807, 2.05) is 6.07 Å². The number of halogens is 1. The zero-order chi connectivity index (χ0) is 13.2. The maximum atomic E-state index is 13.2. The lowest BCUT2D eigenvalue weighted by atomic mass is 10.1. The molecule has 0 radical (unpaired) electrons. The van der Waals surface area contributed by atoms with Crippen LogP contribution in [0.2, 0.25) is 0 Å². The molecule has 1 aromatic carbocycles. The van der Waals surface area contributed by atoms with Crippen LogP contribution in [0, 0.1) is 17.1 Å². The van der Waals surface area contributed by atoms with Crippen molar-refractivity contribution in [3.05, 3.63) is 59.6 Å². The van der Waals surface area contributed by atoms with Crippen molar-refractivity contribution in [3.63, 3.8) is 0 Å². The molecule has 0 aliphatic heterocycles. The Morgan fingerprint density at radius 3 is 3.05 bits per heavy atom. The Labute approximate surface area is 108 Å². The van der Waals surface area contributed by atoms with E-state index >= 15 is 0 Å². The lowest BCUT2D eigenvalue weighted by molar-refractivity contribution is 0.626. The van der Waals surface area contributed by atoms with Crippen molar-refractivity contribution in [1.29, 1.82) is 5.26 Å². The Hall–Kier alpha value is -2.81. The summed E-state index contributed by atoms with van der Waals surface area (Å²) >= 11 is 0. The van der Waals surface area contributed by atoms with Gasteiger partial charge in [-0.05, 0) is 17.7 Å². The number of hydrogen-bond donors (Lipinski definition) is 0. The highest BCUT2D eigenvalue weighted by Crippen LogP contribution is 2.13. The number of nitriles is 1. The highest BCUT2D eigenvalue weighted by Gasteiger charge is 2.09. The van der Waals surface area contributed by atoms with Crippen molar-refractivity contribution in [2.75, 3.05) is 0 Å². The molecule has 3 aromatic rings. The van der Waals surface area contributed by atoms with Crippen molar-refractivity contribution in [1.82, 2.24) is 19.6 Å². The van der Waals surface area contributed by atoms with Crippen LogP contribution >= 0.6 is 0 Å². The molecule has 0 saturated carbocycles. The molecular formula is C13H8FN5. The van der Waals surface area contributed by atoms with E-state index in [2.05, 4.69) is 15.1 Å². The summed E-state index contributed by atoms with van der Waals surface area (Å²) in [6.07, 6.45) is 3.31. The molecule has 19 heavy (non-hydrogen) atoms. The number of hydrogen-bond acceptors (Lipinski definition) is 4. The van der Waals surface area contributed by atoms with Crippen LogP contribution in [0.15, 0.2) is 36.8 Å². The van der Waals surface area contributed by atoms with Crippen molar-refractivity contribution in [3.8, 4) is 6.07 Å². The quantitative estimate of drug-likeness (QED) is 0.697. The Kier molecular flexibility index (Phi) is 2.65. The van der Waals surface area contributed by atoms with Gasteiger partial charge in [0.15, 0.2) is 11.3 Å². The molecule has 2 aromatic heterocycles. The molecular weight excluding hydrogens is 245 g/mol. The fourth-order valence-electron chi connectivity index (χ4n) is 1.90. The van der Waals surface area contributed by atoms with Crippen LogP contribution in [-0.4, -0.2) is 19.6 Å². The smallest absolute Gasteiger partial charge is 0.177 e. The van der Waals surface area contributed by atoms with Crippen LogP contribution in [0.4, 0.5) is 4.39 Å². The summed E-state index contributed by atoms with van der Waals surface area (Å²) in [5.74, 6) is -0.300. The first-order chi connectivity index (χ1) is 9.26. The van der Waals surface area contributed by atoms with E-state index in [0.29, 0.717) is 17.8 Å². The lowest BCUT2D eigenvalue weighted by Gasteiger charge is -2.03. The number of aromatic nitrogens is 4. The molecule has 0 N–H and O–H groups in total. The first kappa shape index (κ1) is 11.3. The van der Waals surface area contributed by atoms with Gasteiger partial charge in [0, 0.05) is 6.42 Å². The first-order valence-electron chi connectivity index (χ1n) is 5.60. The average Bonchev–Trinajstić information content (AvgIpc) is 2.87. The molecule has 0 aliphatic carbocycles. The van der Waals surface area contributed by atoms with Gasteiger partial charge in [-0.1, -0.05) is 12.1 Å². The van der Waals surface area contributed by atoms with E-state index in [0.717, 1.165) is 5.56 Å². The summed E-state index contributed by atoms with van der Waals surface area (Å²) in [6.45, 7) is 0. The first-order valence-corrected chi connectivity index (χ1v) is 5.60. The molecule has 2 heterocycles. The minimum atomic E-state index is -0.300. The van der Waals surface area contributed by atoms with Crippen LogP contribution in [0.1, 0.15) is 17.0 Å². The van der Waals surface area contributed by atoms with Crippen LogP contribution in [0.3, 0.4) is 0 Å². The summed E-state index contributed by atoms with van der Waals surface area (Å²) in [6, 6.07) is 8.24. The minimum Gasteiger partial charge on any atom is -0.236 e. The van der Waals surface area contributed by atoms with Crippen LogP contribution in [0.25, 0.3) is 5.65 Å². The summed E-state index contributed by atoms with van der Waals surface area (Å²) < 4.78 is 14.7. The van der Waals surface area contributed by atoms with Gasteiger partial charge >= 0.3 is 0 Å². The number of nitrogens with zero attached hydrogens (tertiary/aromatic N) is 5. The Morgan fingerprint density at radius 2 is 2.26 bits per heavy atom. The molecule has 6 heteroatoms. The van der Waals surface area contributed by atoms with Crippen LogP contribution < -0.4 is 0 Å². The standard InChI is InChI=1S/C13H8FN5/c14-10-3-1-2-9(4-10)5-12-13-16-8-17-19(13)7-11(6-15)18-12/h1-4,7-8H,5H2. The van der Waals surface area contributed by atoms with E-state index in [1.54, 1.807) is 12.1 Å². The second-order valence-corrected chi connectivity index (χ2v) is 4.02. The van der Waals surface area contributed by atoms with E-state index in [1.165, 1.54) is 29.2 Å². The molecule has 0 aliphatic rings. The highest BCUT2D eigenvalue weighted by molar-refractivity contribution is 5.46. The third-order valence-electron chi connectivity index (χ3n) is 2.71. The van der Waals surface area contributed by atoms with Crippen molar-refractivity contribution in [2.24, 2.45) is 0 Å². The largest absolute Gasteiger partial charge is 0.236 e. The zero-order valence-electron chi connectivity index (χ0n) is 9.79. The van der Waals surface area contributed by atoms with Gasteiger partial charge in [0.25, 0.3) is 0 Å². The lowest BCUT2D eigenvalue weighted by Crippen LogP contribution is -2.02. The normalized spacial score (nSPS) is 10.5. The van der Waals surface area contributed by atoms with Gasteiger partial charge in [-0.2, -0.15) is 10.4 Å². The Morgan fingerprint density at radius 1 is 1.37 bits per heavy atom. The zero-order valence-corrected chi connectivity index (χ0v) is 9.79. The van der Waals surface area contributed by atoms with E-state index in [4.69, 9.17) is 5.26 Å². The summed E-state index contributed by atoms with van der Waals surface area (Å²) in [5, 5.41) is 12.9. The summed E-state index contributed by atoms with van der Waals surface area (Å²) in [5.41, 5.74) is 2.20. The fraction of sp³-hybridized carbons (Fsp3) is 0.0769. The highest BCUT2D eigenvalue weighted by atomic mass is 19.1. The fourth-order valence-corrected chi connectivity index (χ4v) is 1.90. The SMILES string of the molecule is N#Cc1cn2ncnc2c(Cc2cccc(F)c2)n1. The van der Waals surface area contributed by atoms with Crippen molar-refractivity contribution >= 4 is 5.65 Å². The Balaban J connectivity index is 2.09. The number of rotatable bonds is 2.